The Morgan fingerprint density at radius 2 is 1.74 bits per heavy atom. The standard InChI is InChI=1S/C21H26N2O4/c1-27-20(26)21(13-3-2-4-14-21)23-18(24)12-7-15-5-8-16(9-6-15)19(25)22-17-10-11-17/h5-9,12,17H,2-4,10-11,13-14H2,1H3,(H,22,25)(H,23,24)/b12-7+. The molecule has 0 bridgehead atoms. The van der Waals surface area contributed by atoms with Gasteiger partial charge in [0, 0.05) is 17.7 Å². The molecule has 0 aromatic heterocycles. The van der Waals surface area contributed by atoms with E-state index >= 15 is 0 Å². The minimum Gasteiger partial charge on any atom is -0.467 e. The average molecular weight is 370 g/mol. The van der Waals surface area contributed by atoms with Crippen LogP contribution in [-0.4, -0.2) is 36.5 Å². The SMILES string of the molecule is COC(=O)C1(NC(=O)/C=C/c2ccc(C(=O)NC3CC3)cc2)CCCCC1. The van der Waals surface area contributed by atoms with Crippen LogP contribution in [0.25, 0.3) is 6.08 Å². The van der Waals surface area contributed by atoms with Crippen LogP contribution < -0.4 is 10.6 Å². The Labute approximate surface area is 159 Å². The van der Waals surface area contributed by atoms with Gasteiger partial charge in [-0.3, -0.25) is 9.59 Å². The van der Waals surface area contributed by atoms with Gasteiger partial charge >= 0.3 is 5.97 Å². The molecule has 0 spiro atoms. The summed E-state index contributed by atoms with van der Waals surface area (Å²) < 4.78 is 4.91. The lowest BCUT2D eigenvalue weighted by Gasteiger charge is -2.34. The van der Waals surface area contributed by atoms with Crippen molar-refractivity contribution in [2.24, 2.45) is 0 Å². The highest BCUT2D eigenvalue weighted by Crippen LogP contribution is 2.29. The van der Waals surface area contributed by atoms with Crippen molar-refractivity contribution in [2.75, 3.05) is 7.11 Å². The van der Waals surface area contributed by atoms with Crippen LogP contribution in [0.3, 0.4) is 0 Å². The number of nitrogens with one attached hydrogen (secondary N) is 2. The lowest BCUT2D eigenvalue weighted by molar-refractivity contribution is -0.152. The average Bonchev–Trinajstić information content (AvgIpc) is 3.50. The predicted molar refractivity (Wildman–Crippen MR) is 102 cm³/mol. The summed E-state index contributed by atoms with van der Waals surface area (Å²) in [5, 5.41) is 5.79. The molecule has 1 aromatic rings. The van der Waals surface area contributed by atoms with E-state index < -0.39 is 5.54 Å². The first-order chi connectivity index (χ1) is 13.0. The van der Waals surface area contributed by atoms with Gasteiger partial charge in [0.25, 0.3) is 5.91 Å². The van der Waals surface area contributed by atoms with Crippen molar-refractivity contribution >= 4 is 23.9 Å². The molecule has 0 atom stereocenters. The Balaban J connectivity index is 1.59. The van der Waals surface area contributed by atoms with Gasteiger partial charge in [-0.15, -0.1) is 0 Å². The Hall–Kier alpha value is -2.63. The summed E-state index contributed by atoms with van der Waals surface area (Å²) in [4.78, 5) is 36.5. The molecule has 0 saturated heterocycles. The molecule has 0 aliphatic heterocycles. The van der Waals surface area contributed by atoms with E-state index in [0.29, 0.717) is 24.4 Å². The molecule has 3 rings (SSSR count). The summed E-state index contributed by atoms with van der Waals surface area (Å²) in [5.41, 5.74) is 0.498. The maximum atomic E-state index is 12.3. The van der Waals surface area contributed by atoms with Gasteiger partial charge in [0.05, 0.1) is 7.11 Å². The van der Waals surface area contributed by atoms with Crippen molar-refractivity contribution in [3.8, 4) is 0 Å². The van der Waals surface area contributed by atoms with Crippen molar-refractivity contribution in [3.05, 3.63) is 41.5 Å². The Bertz CT molecular complexity index is 729. The fourth-order valence-electron chi connectivity index (χ4n) is 3.42. The van der Waals surface area contributed by atoms with Crippen LogP contribution >= 0.6 is 0 Å². The lowest BCUT2D eigenvalue weighted by Crippen LogP contribution is -2.55. The number of hydrogen-bond donors (Lipinski definition) is 2. The number of amides is 2. The molecule has 0 radical (unpaired) electrons. The molecule has 144 valence electrons. The molecule has 27 heavy (non-hydrogen) atoms. The number of methoxy groups -OCH3 is 1. The maximum absolute atomic E-state index is 12.3. The van der Waals surface area contributed by atoms with Crippen LogP contribution in [0.5, 0.6) is 0 Å². The molecule has 0 unspecified atom stereocenters. The number of hydrogen-bond acceptors (Lipinski definition) is 4. The molecule has 2 amide bonds. The molecule has 6 heteroatoms. The van der Waals surface area contributed by atoms with Gasteiger partial charge < -0.3 is 15.4 Å². The number of carbonyl (C=O) groups is 3. The second kappa shape index (κ2) is 8.37. The smallest absolute Gasteiger partial charge is 0.331 e. The van der Waals surface area contributed by atoms with Gasteiger partial charge in [-0.1, -0.05) is 31.4 Å². The first-order valence-electron chi connectivity index (χ1n) is 9.52. The quantitative estimate of drug-likeness (QED) is 0.595. The van der Waals surface area contributed by atoms with Crippen LogP contribution in [0.15, 0.2) is 30.3 Å². The minimum atomic E-state index is -0.917. The molecule has 2 aliphatic carbocycles. The summed E-state index contributed by atoms with van der Waals surface area (Å²) in [6.45, 7) is 0. The normalized spacial score (nSPS) is 18.7. The van der Waals surface area contributed by atoms with E-state index in [-0.39, 0.29) is 17.8 Å². The van der Waals surface area contributed by atoms with Gasteiger partial charge in [0.2, 0.25) is 5.91 Å². The first kappa shape index (κ1) is 19.1. The van der Waals surface area contributed by atoms with Crippen LogP contribution in [0.2, 0.25) is 0 Å². The zero-order valence-electron chi connectivity index (χ0n) is 15.6. The summed E-state index contributed by atoms with van der Waals surface area (Å²) in [6, 6.07) is 7.39. The molecule has 6 nitrogen and oxygen atoms in total. The van der Waals surface area contributed by atoms with E-state index in [1.165, 1.54) is 13.2 Å². The predicted octanol–water partition coefficient (Wildman–Crippen LogP) is 2.58. The third kappa shape index (κ3) is 4.96. The zero-order valence-corrected chi connectivity index (χ0v) is 15.6. The van der Waals surface area contributed by atoms with Crippen LogP contribution in [-0.2, 0) is 14.3 Å². The topological polar surface area (TPSA) is 84.5 Å². The van der Waals surface area contributed by atoms with Crippen molar-refractivity contribution < 1.29 is 19.1 Å². The highest BCUT2D eigenvalue weighted by molar-refractivity contribution is 5.97. The van der Waals surface area contributed by atoms with Crippen LogP contribution in [0, 0.1) is 0 Å². The zero-order chi connectivity index (χ0) is 19.3. The van der Waals surface area contributed by atoms with Gasteiger partial charge in [-0.25, -0.2) is 4.79 Å². The maximum Gasteiger partial charge on any atom is 0.331 e. The summed E-state index contributed by atoms with van der Waals surface area (Å²) >= 11 is 0. The van der Waals surface area contributed by atoms with E-state index in [1.54, 1.807) is 30.3 Å². The summed E-state index contributed by atoms with van der Waals surface area (Å²) in [5.74, 6) is -0.768. The van der Waals surface area contributed by atoms with E-state index in [1.807, 2.05) is 0 Å². The van der Waals surface area contributed by atoms with Gasteiger partial charge in [0.1, 0.15) is 5.54 Å². The van der Waals surface area contributed by atoms with Gasteiger partial charge in [0.15, 0.2) is 0 Å². The largest absolute Gasteiger partial charge is 0.467 e. The third-order valence-corrected chi connectivity index (χ3v) is 5.16. The Morgan fingerprint density at radius 3 is 2.33 bits per heavy atom. The highest BCUT2D eigenvalue weighted by atomic mass is 16.5. The van der Waals surface area contributed by atoms with Gasteiger partial charge in [-0.2, -0.15) is 0 Å². The van der Waals surface area contributed by atoms with Crippen molar-refractivity contribution in [3.63, 3.8) is 0 Å². The number of carbonyl (C=O) groups excluding carboxylic acids is 3. The lowest BCUT2D eigenvalue weighted by atomic mass is 9.81. The fraction of sp³-hybridized carbons (Fsp3) is 0.476. The van der Waals surface area contributed by atoms with Crippen molar-refractivity contribution in [1.82, 2.24) is 10.6 Å². The van der Waals surface area contributed by atoms with E-state index in [4.69, 9.17) is 4.74 Å². The molecule has 0 heterocycles. The minimum absolute atomic E-state index is 0.0666. The van der Waals surface area contributed by atoms with Crippen LogP contribution in [0.1, 0.15) is 60.9 Å². The van der Waals surface area contributed by atoms with E-state index in [2.05, 4.69) is 10.6 Å². The molecule has 2 aliphatic rings. The highest BCUT2D eigenvalue weighted by Gasteiger charge is 2.41. The van der Waals surface area contributed by atoms with Crippen molar-refractivity contribution in [1.29, 1.82) is 0 Å². The Kier molecular flexibility index (Phi) is 5.94. The molecule has 2 N–H and O–H groups in total. The second-order valence-electron chi connectivity index (χ2n) is 7.33. The van der Waals surface area contributed by atoms with Crippen molar-refractivity contribution in [2.45, 2.75) is 56.5 Å². The number of rotatable bonds is 6. The number of ether oxygens (including phenoxy) is 1. The van der Waals surface area contributed by atoms with Gasteiger partial charge in [-0.05, 0) is 49.5 Å². The molecule has 1 aromatic carbocycles. The van der Waals surface area contributed by atoms with E-state index in [9.17, 15) is 14.4 Å². The van der Waals surface area contributed by atoms with E-state index in [0.717, 1.165) is 37.7 Å². The summed E-state index contributed by atoms with van der Waals surface area (Å²) in [6.07, 6.45) is 9.24. The fourth-order valence-corrected chi connectivity index (χ4v) is 3.42. The number of esters is 1. The first-order valence-corrected chi connectivity index (χ1v) is 9.52. The second-order valence-corrected chi connectivity index (χ2v) is 7.33. The molecular weight excluding hydrogens is 344 g/mol. The molecule has 2 saturated carbocycles. The summed E-state index contributed by atoms with van der Waals surface area (Å²) in [7, 11) is 1.35. The molecule has 2 fully saturated rings. The third-order valence-electron chi connectivity index (χ3n) is 5.16. The monoisotopic (exact) mass is 370 g/mol. The van der Waals surface area contributed by atoms with Crippen LogP contribution in [0.4, 0.5) is 0 Å². The molecular formula is C21H26N2O4. The number of benzene rings is 1. The Morgan fingerprint density at radius 1 is 1.07 bits per heavy atom.